The average molecular weight is 301 g/mol. The minimum Gasteiger partial charge on any atom is -0.309 e. The molecule has 0 saturated carbocycles. The fraction of sp³-hybridized carbons (Fsp3) is 0.462. The minimum atomic E-state index is 0.280. The van der Waals surface area contributed by atoms with Gasteiger partial charge in [0.15, 0.2) is 0 Å². The summed E-state index contributed by atoms with van der Waals surface area (Å²) in [6.07, 6.45) is 3.89. The molecule has 0 spiro atoms. The maximum atomic E-state index is 6.38. The van der Waals surface area contributed by atoms with Crippen LogP contribution in [0.5, 0.6) is 0 Å². The summed E-state index contributed by atoms with van der Waals surface area (Å²) in [6, 6.07) is 0.280. The number of aromatic nitrogens is 1. The SMILES string of the molecule is CCCNC(Cc1nccs1)c1scc(C)c1Cl. The number of nitrogens with zero attached hydrogens (tertiary/aromatic N) is 1. The fourth-order valence-corrected chi connectivity index (χ4v) is 3.85. The van der Waals surface area contributed by atoms with Crippen molar-refractivity contribution in [2.45, 2.75) is 32.7 Å². The summed E-state index contributed by atoms with van der Waals surface area (Å²) in [7, 11) is 0. The van der Waals surface area contributed by atoms with Gasteiger partial charge in [-0.2, -0.15) is 0 Å². The first-order valence-corrected chi connectivity index (χ1v) is 8.21. The van der Waals surface area contributed by atoms with Crippen LogP contribution in [0.1, 0.15) is 34.8 Å². The van der Waals surface area contributed by atoms with Gasteiger partial charge in [0.05, 0.1) is 10.0 Å². The Morgan fingerprint density at radius 2 is 2.28 bits per heavy atom. The molecule has 0 bridgehead atoms. The van der Waals surface area contributed by atoms with Crippen molar-refractivity contribution in [2.24, 2.45) is 0 Å². The molecule has 2 heterocycles. The standard InChI is InChI=1S/C13H17ClN2S2/c1-3-4-15-10(7-11-16-5-6-17-11)13-12(14)9(2)8-18-13/h5-6,8,10,15H,3-4,7H2,1-2H3. The summed E-state index contributed by atoms with van der Waals surface area (Å²) in [5.41, 5.74) is 1.17. The van der Waals surface area contributed by atoms with E-state index in [0.717, 1.165) is 29.4 Å². The Labute approximate surface area is 121 Å². The number of rotatable bonds is 6. The predicted octanol–water partition coefficient (Wildman–Crippen LogP) is 4.45. The fourth-order valence-electron chi connectivity index (χ4n) is 1.79. The van der Waals surface area contributed by atoms with E-state index in [2.05, 4.69) is 29.5 Å². The lowest BCUT2D eigenvalue weighted by atomic mass is 10.1. The molecule has 2 nitrogen and oxygen atoms in total. The van der Waals surface area contributed by atoms with Crippen molar-refractivity contribution in [1.29, 1.82) is 0 Å². The maximum Gasteiger partial charge on any atom is 0.0944 e. The van der Waals surface area contributed by atoms with E-state index in [-0.39, 0.29) is 6.04 Å². The number of hydrogen-bond acceptors (Lipinski definition) is 4. The van der Waals surface area contributed by atoms with Gasteiger partial charge in [-0.1, -0.05) is 18.5 Å². The largest absolute Gasteiger partial charge is 0.309 e. The van der Waals surface area contributed by atoms with E-state index in [0.29, 0.717) is 0 Å². The van der Waals surface area contributed by atoms with Crippen molar-refractivity contribution in [3.05, 3.63) is 37.4 Å². The molecule has 0 fully saturated rings. The lowest BCUT2D eigenvalue weighted by molar-refractivity contribution is 0.535. The van der Waals surface area contributed by atoms with Crippen molar-refractivity contribution < 1.29 is 0 Å². The van der Waals surface area contributed by atoms with Crippen LogP contribution in [0, 0.1) is 6.92 Å². The van der Waals surface area contributed by atoms with Crippen LogP contribution in [0.25, 0.3) is 0 Å². The molecular weight excluding hydrogens is 284 g/mol. The van der Waals surface area contributed by atoms with Crippen LogP contribution in [0.2, 0.25) is 5.02 Å². The molecule has 1 N–H and O–H groups in total. The first kappa shape index (κ1) is 14.0. The highest BCUT2D eigenvalue weighted by Crippen LogP contribution is 2.34. The molecule has 0 aliphatic heterocycles. The highest BCUT2D eigenvalue weighted by Gasteiger charge is 2.18. The van der Waals surface area contributed by atoms with Crippen LogP contribution >= 0.6 is 34.3 Å². The van der Waals surface area contributed by atoms with Crippen molar-refractivity contribution in [3.63, 3.8) is 0 Å². The zero-order valence-electron chi connectivity index (χ0n) is 10.6. The third-order valence-electron chi connectivity index (χ3n) is 2.74. The summed E-state index contributed by atoms with van der Waals surface area (Å²) in [4.78, 5) is 5.60. The molecule has 0 saturated heterocycles. The third-order valence-corrected chi connectivity index (χ3v) is 5.37. The van der Waals surface area contributed by atoms with E-state index in [1.165, 1.54) is 10.4 Å². The van der Waals surface area contributed by atoms with Gasteiger partial charge in [0.25, 0.3) is 0 Å². The predicted molar refractivity (Wildman–Crippen MR) is 80.9 cm³/mol. The molecule has 0 aliphatic rings. The highest BCUT2D eigenvalue weighted by atomic mass is 35.5. The van der Waals surface area contributed by atoms with Crippen LogP contribution in [0.15, 0.2) is 17.0 Å². The third kappa shape index (κ3) is 3.32. The van der Waals surface area contributed by atoms with Crippen molar-refractivity contribution in [1.82, 2.24) is 10.3 Å². The number of thiazole rings is 1. The first-order chi connectivity index (χ1) is 8.72. The molecule has 18 heavy (non-hydrogen) atoms. The Balaban J connectivity index is 2.16. The smallest absolute Gasteiger partial charge is 0.0944 e. The lowest BCUT2D eigenvalue weighted by Crippen LogP contribution is -2.23. The molecule has 2 rings (SSSR count). The summed E-state index contributed by atoms with van der Waals surface area (Å²) in [5, 5.41) is 9.78. The summed E-state index contributed by atoms with van der Waals surface area (Å²) < 4.78 is 0. The van der Waals surface area contributed by atoms with Gasteiger partial charge in [-0.25, -0.2) is 4.98 Å². The Bertz CT molecular complexity index is 479. The second-order valence-electron chi connectivity index (χ2n) is 4.23. The molecule has 2 aromatic rings. The van der Waals surface area contributed by atoms with Crippen LogP contribution in [0.4, 0.5) is 0 Å². The maximum absolute atomic E-state index is 6.38. The van der Waals surface area contributed by atoms with Gasteiger partial charge in [-0.3, -0.25) is 0 Å². The van der Waals surface area contributed by atoms with Gasteiger partial charge in [-0.15, -0.1) is 22.7 Å². The number of halogens is 1. The summed E-state index contributed by atoms with van der Waals surface area (Å²) >= 11 is 9.82. The van der Waals surface area contributed by atoms with Gasteiger partial charge < -0.3 is 5.32 Å². The Morgan fingerprint density at radius 3 is 2.83 bits per heavy atom. The molecule has 2 aromatic heterocycles. The van der Waals surface area contributed by atoms with Crippen LogP contribution in [-0.2, 0) is 6.42 Å². The second kappa shape index (κ2) is 6.66. The number of aryl methyl sites for hydroxylation is 1. The zero-order valence-corrected chi connectivity index (χ0v) is 13.0. The van der Waals surface area contributed by atoms with Crippen LogP contribution in [0.3, 0.4) is 0 Å². The normalized spacial score (nSPS) is 12.8. The summed E-state index contributed by atoms with van der Waals surface area (Å²) in [5.74, 6) is 0. The second-order valence-corrected chi connectivity index (χ2v) is 6.50. The molecule has 1 unspecified atom stereocenters. The first-order valence-electron chi connectivity index (χ1n) is 6.07. The van der Waals surface area contributed by atoms with E-state index in [4.69, 9.17) is 11.6 Å². The molecular formula is C13H17ClN2S2. The molecule has 5 heteroatoms. The van der Waals surface area contributed by atoms with Crippen molar-refractivity contribution >= 4 is 34.3 Å². The summed E-state index contributed by atoms with van der Waals surface area (Å²) in [6.45, 7) is 5.24. The Hall–Kier alpha value is -0.420. The van der Waals surface area contributed by atoms with Gasteiger partial charge in [0.1, 0.15) is 0 Å². The van der Waals surface area contributed by atoms with Gasteiger partial charge in [-0.05, 0) is 30.8 Å². The van der Waals surface area contributed by atoms with Gasteiger partial charge in [0.2, 0.25) is 0 Å². The molecule has 1 atom stereocenters. The number of hydrogen-bond donors (Lipinski definition) is 1. The topological polar surface area (TPSA) is 24.9 Å². The monoisotopic (exact) mass is 300 g/mol. The Morgan fingerprint density at radius 1 is 1.44 bits per heavy atom. The zero-order chi connectivity index (χ0) is 13.0. The van der Waals surface area contributed by atoms with E-state index < -0.39 is 0 Å². The molecule has 0 amide bonds. The minimum absolute atomic E-state index is 0.280. The van der Waals surface area contributed by atoms with Crippen molar-refractivity contribution in [3.8, 4) is 0 Å². The Kier molecular flexibility index (Phi) is 5.18. The highest BCUT2D eigenvalue weighted by molar-refractivity contribution is 7.11. The van der Waals surface area contributed by atoms with E-state index in [1.54, 1.807) is 22.7 Å². The number of nitrogens with one attached hydrogen (secondary N) is 1. The van der Waals surface area contributed by atoms with Gasteiger partial charge >= 0.3 is 0 Å². The van der Waals surface area contributed by atoms with Crippen LogP contribution < -0.4 is 5.32 Å². The van der Waals surface area contributed by atoms with Crippen molar-refractivity contribution in [2.75, 3.05) is 6.54 Å². The lowest BCUT2D eigenvalue weighted by Gasteiger charge is -2.16. The van der Waals surface area contributed by atoms with E-state index in [9.17, 15) is 0 Å². The molecule has 0 radical (unpaired) electrons. The molecule has 98 valence electrons. The van der Waals surface area contributed by atoms with E-state index >= 15 is 0 Å². The quantitative estimate of drug-likeness (QED) is 0.852. The van der Waals surface area contributed by atoms with E-state index in [1.807, 2.05) is 11.6 Å². The van der Waals surface area contributed by atoms with Gasteiger partial charge in [0, 0.05) is 28.9 Å². The molecule has 0 aliphatic carbocycles. The average Bonchev–Trinajstić information content (AvgIpc) is 2.97. The van der Waals surface area contributed by atoms with Crippen LogP contribution in [-0.4, -0.2) is 11.5 Å². The number of thiophene rings is 1. The molecule has 0 aromatic carbocycles.